The van der Waals surface area contributed by atoms with Gasteiger partial charge in [-0.3, -0.25) is 4.79 Å². The van der Waals surface area contributed by atoms with E-state index in [-0.39, 0.29) is 11.9 Å². The molecule has 2 rings (SSSR count). The summed E-state index contributed by atoms with van der Waals surface area (Å²) in [7, 11) is 0. The summed E-state index contributed by atoms with van der Waals surface area (Å²) >= 11 is 11.9. The summed E-state index contributed by atoms with van der Waals surface area (Å²) < 4.78 is 0. The van der Waals surface area contributed by atoms with Crippen molar-refractivity contribution in [3.05, 3.63) is 74.8 Å². The van der Waals surface area contributed by atoms with Crippen LogP contribution in [0.25, 0.3) is 6.08 Å². The fraction of sp³-hybridized carbons (Fsp3) is 0.211. The van der Waals surface area contributed by atoms with Gasteiger partial charge in [0.2, 0.25) is 5.91 Å². The van der Waals surface area contributed by atoms with Crippen LogP contribution in [-0.2, 0) is 4.79 Å². The Bertz CT molecular complexity index is 753. The van der Waals surface area contributed by atoms with Crippen molar-refractivity contribution in [3.63, 3.8) is 0 Å². The summed E-state index contributed by atoms with van der Waals surface area (Å²) in [6, 6.07) is 11.3. The highest BCUT2D eigenvalue weighted by Crippen LogP contribution is 2.22. The third-order valence-electron chi connectivity index (χ3n) is 3.64. The summed E-state index contributed by atoms with van der Waals surface area (Å²) in [5.41, 5.74) is 4.21. The Labute approximate surface area is 147 Å². The predicted molar refractivity (Wildman–Crippen MR) is 98.0 cm³/mol. The molecule has 23 heavy (non-hydrogen) atoms. The second-order valence-corrected chi connectivity index (χ2v) is 6.43. The standard InChI is InChI=1S/C19H19Cl2NO/c1-12-4-5-13(2)17(10-12)14(3)22-19(23)9-7-15-6-8-16(20)11-18(15)21/h4-11,14H,1-3H3,(H,22,23)/b9-7+/t14-/m0/s1. The highest BCUT2D eigenvalue weighted by atomic mass is 35.5. The molecule has 0 bridgehead atoms. The molecule has 0 aliphatic carbocycles. The number of carbonyl (C=O) groups is 1. The summed E-state index contributed by atoms with van der Waals surface area (Å²) in [5.74, 6) is -0.163. The Hall–Kier alpha value is -1.77. The highest BCUT2D eigenvalue weighted by Gasteiger charge is 2.10. The van der Waals surface area contributed by atoms with Gasteiger partial charge in [0.1, 0.15) is 0 Å². The molecule has 1 N–H and O–H groups in total. The second-order valence-electron chi connectivity index (χ2n) is 5.59. The predicted octanol–water partition coefficient (Wildman–Crippen LogP) is 5.50. The van der Waals surface area contributed by atoms with Gasteiger partial charge in [0.15, 0.2) is 0 Å². The molecule has 2 aromatic carbocycles. The minimum atomic E-state index is -0.163. The van der Waals surface area contributed by atoms with Gasteiger partial charge in [-0.15, -0.1) is 0 Å². The molecular weight excluding hydrogens is 329 g/mol. The molecule has 1 atom stereocenters. The number of hydrogen-bond acceptors (Lipinski definition) is 1. The summed E-state index contributed by atoms with van der Waals surface area (Å²) in [6.45, 7) is 6.06. The van der Waals surface area contributed by atoms with Crippen LogP contribution in [0.4, 0.5) is 0 Å². The molecule has 0 fully saturated rings. The Morgan fingerprint density at radius 3 is 2.57 bits per heavy atom. The van der Waals surface area contributed by atoms with Crippen LogP contribution < -0.4 is 5.32 Å². The van der Waals surface area contributed by atoms with Crippen LogP contribution in [0.15, 0.2) is 42.5 Å². The van der Waals surface area contributed by atoms with Crippen molar-refractivity contribution < 1.29 is 4.79 Å². The molecule has 0 saturated heterocycles. The van der Waals surface area contributed by atoms with E-state index in [1.165, 1.54) is 11.6 Å². The van der Waals surface area contributed by atoms with Gasteiger partial charge in [0.25, 0.3) is 0 Å². The van der Waals surface area contributed by atoms with Crippen molar-refractivity contribution in [2.24, 2.45) is 0 Å². The first-order valence-corrected chi connectivity index (χ1v) is 8.13. The fourth-order valence-electron chi connectivity index (χ4n) is 2.37. The zero-order chi connectivity index (χ0) is 17.0. The molecule has 0 aliphatic rings. The van der Waals surface area contributed by atoms with E-state index in [1.807, 2.05) is 20.8 Å². The Morgan fingerprint density at radius 2 is 1.87 bits per heavy atom. The molecule has 0 aromatic heterocycles. The Kier molecular flexibility index (Phi) is 5.86. The van der Waals surface area contributed by atoms with Gasteiger partial charge in [-0.05, 0) is 55.7 Å². The lowest BCUT2D eigenvalue weighted by Crippen LogP contribution is -2.25. The van der Waals surface area contributed by atoms with Crippen LogP contribution in [0.3, 0.4) is 0 Å². The molecule has 0 radical (unpaired) electrons. The molecule has 120 valence electrons. The van der Waals surface area contributed by atoms with Crippen molar-refractivity contribution in [1.82, 2.24) is 5.32 Å². The van der Waals surface area contributed by atoms with Crippen molar-refractivity contribution in [2.45, 2.75) is 26.8 Å². The number of hydrogen-bond donors (Lipinski definition) is 1. The number of halogens is 2. The van der Waals surface area contributed by atoms with Crippen molar-refractivity contribution in [2.75, 3.05) is 0 Å². The number of aryl methyl sites for hydroxylation is 2. The SMILES string of the molecule is Cc1ccc(C)c([C@H](C)NC(=O)/C=C/c2ccc(Cl)cc2Cl)c1. The second kappa shape index (κ2) is 7.67. The van der Waals surface area contributed by atoms with Gasteiger partial charge in [0, 0.05) is 16.1 Å². The van der Waals surface area contributed by atoms with Crippen molar-refractivity contribution in [3.8, 4) is 0 Å². The van der Waals surface area contributed by atoms with Gasteiger partial charge in [-0.1, -0.05) is 53.0 Å². The molecule has 0 saturated carbocycles. The van der Waals surface area contributed by atoms with E-state index in [4.69, 9.17) is 23.2 Å². The minimum Gasteiger partial charge on any atom is -0.346 e. The minimum absolute atomic E-state index is 0.0623. The number of benzene rings is 2. The largest absolute Gasteiger partial charge is 0.346 e. The average Bonchev–Trinajstić information content (AvgIpc) is 2.48. The van der Waals surface area contributed by atoms with E-state index in [0.29, 0.717) is 10.0 Å². The maximum absolute atomic E-state index is 12.1. The lowest BCUT2D eigenvalue weighted by molar-refractivity contribution is -0.117. The molecule has 0 spiro atoms. The molecule has 0 unspecified atom stereocenters. The molecule has 0 aliphatic heterocycles. The zero-order valence-electron chi connectivity index (χ0n) is 13.4. The van der Waals surface area contributed by atoms with Gasteiger partial charge in [-0.25, -0.2) is 0 Å². The lowest BCUT2D eigenvalue weighted by Gasteiger charge is -2.16. The van der Waals surface area contributed by atoms with Crippen LogP contribution in [0.5, 0.6) is 0 Å². The molecule has 1 amide bonds. The molecule has 2 aromatic rings. The third-order valence-corrected chi connectivity index (χ3v) is 4.20. The zero-order valence-corrected chi connectivity index (χ0v) is 14.9. The van der Waals surface area contributed by atoms with Crippen molar-refractivity contribution >= 4 is 35.2 Å². The summed E-state index contributed by atoms with van der Waals surface area (Å²) in [5, 5.41) is 4.06. The van der Waals surface area contributed by atoms with E-state index < -0.39 is 0 Å². The maximum Gasteiger partial charge on any atom is 0.244 e. The lowest BCUT2D eigenvalue weighted by atomic mass is 10.00. The monoisotopic (exact) mass is 347 g/mol. The van der Waals surface area contributed by atoms with Crippen LogP contribution in [-0.4, -0.2) is 5.91 Å². The number of amides is 1. The number of rotatable bonds is 4. The van der Waals surface area contributed by atoms with Crippen LogP contribution >= 0.6 is 23.2 Å². The van der Waals surface area contributed by atoms with Crippen molar-refractivity contribution in [1.29, 1.82) is 0 Å². The van der Waals surface area contributed by atoms with Gasteiger partial charge in [-0.2, -0.15) is 0 Å². The molecule has 4 heteroatoms. The van der Waals surface area contributed by atoms with E-state index in [1.54, 1.807) is 24.3 Å². The molecular formula is C19H19Cl2NO. The third kappa shape index (κ3) is 4.85. The number of carbonyl (C=O) groups excluding carboxylic acids is 1. The quantitative estimate of drug-likeness (QED) is 0.726. The van der Waals surface area contributed by atoms with E-state index in [9.17, 15) is 4.79 Å². The van der Waals surface area contributed by atoms with E-state index >= 15 is 0 Å². The first-order chi connectivity index (χ1) is 10.9. The Morgan fingerprint density at radius 1 is 1.13 bits per heavy atom. The Balaban J connectivity index is 2.06. The smallest absolute Gasteiger partial charge is 0.244 e. The van der Waals surface area contributed by atoms with Crippen LogP contribution in [0.2, 0.25) is 10.0 Å². The molecule has 2 nitrogen and oxygen atoms in total. The highest BCUT2D eigenvalue weighted by molar-refractivity contribution is 6.35. The summed E-state index contributed by atoms with van der Waals surface area (Å²) in [4.78, 5) is 12.1. The van der Waals surface area contributed by atoms with Crippen LogP contribution in [0.1, 0.15) is 35.2 Å². The van der Waals surface area contributed by atoms with E-state index in [2.05, 4.69) is 23.5 Å². The van der Waals surface area contributed by atoms with E-state index in [0.717, 1.165) is 16.7 Å². The van der Waals surface area contributed by atoms with Gasteiger partial charge in [0.05, 0.1) is 6.04 Å². The van der Waals surface area contributed by atoms with Crippen LogP contribution in [0, 0.1) is 13.8 Å². The average molecular weight is 348 g/mol. The van der Waals surface area contributed by atoms with Gasteiger partial charge < -0.3 is 5.32 Å². The molecule has 0 heterocycles. The number of nitrogens with one attached hydrogen (secondary N) is 1. The fourth-order valence-corrected chi connectivity index (χ4v) is 2.84. The maximum atomic E-state index is 12.1. The summed E-state index contributed by atoms with van der Waals surface area (Å²) in [6.07, 6.45) is 3.17. The normalized spacial score (nSPS) is 12.4. The van der Waals surface area contributed by atoms with Gasteiger partial charge >= 0.3 is 0 Å². The topological polar surface area (TPSA) is 29.1 Å². The first-order valence-electron chi connectivity index (χ1n) is 7.37. The first kappa shape index (κ1) is 17.6.